The molecule has 8 heteroatoms. The van der Waals surface area contributed by atoms with Gasteiger partial charge in [-0.1, -0.05) is 6.92 Å². The van der Waals surface area contributed by atoms with Crippen molar-refractivity contribution in [1.82, 2.24) is 25.1 Å². The number of aryl methyl sites for hydroxylation is 2. The molecule has 0 spiro atoms. The number of hydrogen-bond donors (Lipinski definition) is 2. The first-order valence-corrected chi connectivity index (χ1v) is 7.71. The molecule has 122 valence electrons. The van der Waals surface area contributed by atoms with Crippen LogP contribution in [0.4, 0.5) is 10.6 Å². The van der Waals surface area contributed by atoms with Gasteiger partial charge in [-0.2, -0.15) is 5.10 Å². The third-order valence-electron chi connectivity index (χ3n) is 3.76. The van der Waals surface area contributed by atoms with E-state index in [0.717, 1.165) is 37.5 Å². The third-order valence-corrected chi connectivity index (χ3v) is 3.76. The Morgan fingerprint density at radius 3 is 3.17 bits per heavy atom. The zero-order valence-electron chi connectivity index (χ0n) is 13.2. The Hall–Kier alpha value is -2.64. The van der Waals surface area contributed by atoms with Crippen LogP contribution in [0.2, 0.25) is 0 Å². The Balaban J connectivity index is 1.70. The predicted octanol–water partition coefficient (Wildman–Crippen LogP) is 1.90. The Bertz CT molecular complexity index is 699. The summed E-state index contributed by atoms with van der Waals surface area (Å²) in [6.45, 7) is 2.86. The lowest BCUT2D eigenvalue weighted by Crippen LogP contribution is -2.36. The number of pyridine rings is 1. The monoisotopic (exact) mass is 316 g/mol. The predicted molar refractivity (Wildman–Crippen MR) is 84.3 cm³/mol. The van der Waals surface area contributed by atoms with Crippen molar-refractivity contribution < 1.29 is 9.53 Å². The van der Waals surface area contributed by atoms with Crippen molar-refractivity contribution in [2.75, 3.05) is 12.4 Å². The highest BCUT2D eigenvalue weighted by Crippen LogP contribution is 2.24. The van der Waals surface area contributed by atoms with Gasteiger partial charge in [0.1, 0.15) is 5.82 Å². The van der Waals surface area contributed by atoms with Gasteiger partial charge < -0.3 is 10.1 Å². The van der Waals surface area contributed by atoms with E-state index in [1.165, 1.54) is 7.11 Å². The fraction of sp³-hybridized carbons (Fsp3) is 0.467. The Morgan fingerprint density at radius 1 is 1.52 bits per heavy atom. The maximum absolute atomic E-state index is 12.3. The maximum atomic E-state index is 12.3. The molecule has 1 atom stereocenters. The number of carbonyl (C=O) groups excluding carboxylic acids is 1. The van der Waals surface area contributed by atoms with Gasteiger partial charge in [0.25, 0.3) is 0 Å². The Kier molecular flexibility index (Phi) is 4.40. The van der Waals surface area contributed by atoms with Crippen LogP contribution in [0.25, 0.3) is 0 Å². The van der Waals surface area contributed by atoms with E-state index < -0.39 is 0 Å². The number of methoxy groups -OCH3 is 1. The molecule has 0 aliphatic carbocycles. The largest absolute Gasteiger partial charge is 0.493 e. The number of anilines is 1. The van der Waals surface area contributed by atoms with Crippen LogP contribution >= 0.6 is 0 Å². The van der Waals surface area contributed by atoms with Crippen molar-refractivity contribution in [2.45, 2.75) is 38.8 Å². The number of nitrogens with one attached hydrogen (secondary N) is 2. The second-order valence-corrected chi connectivity index (χ2v) is 5.31. The van der Waals surface area contributed by atoms with Gasteiger partial charge in [-0.15, -0.1) is 0 Å². The minimum atomic E-state index is -0.332. The summed E-state index contributed by atoms with van der Waals surface area (Å²) in [5, 5.41) is 10.1. The number of urea groups is 1. The first-order chi connectivity index (χ1) is 11.2. The topological polar surface area (TPSA) is 94.0 Å². The number of rotatable bonds is 4. The molecule has 8 nitrogen and oxygen atoms in total. The van der Waals surface area contributed by atoms with E-state index in [-0.39, 0.29) is 12.1 Å². The number of amides is 2. The number of carbonyl (C=O) groups is 1. The van der Waals surface area contributed by atoms with Crippen LogP contribution in [0.15, 0.2) is 18.3 Å². The molecule has 0 radical (unpaired) electrons. The molecule has 2 aromatic heterocycles. The number of fused-ring (bicyclic) bond motifs is 1. The number of ether oxygens (including phenoxy) is 1. The molecule has 2 amide bonds. The van der Waals surface area contributed by atoms with Crippen molar-refractivity contribution in [2.24, 2.45) is 0 Å². The van der Waals surface area contributed by atoms with Gasteiger partial charge in [-0.05, 0) is 25.0 Å². The molecule has 1 aliphatic rings. The van der Waals surface area contributed by atoms with E-state index in [1.54, 1.807) is 18.3 Å². The van der Waals surface area contributed by atoms with Gasteiger partial charge >= 0.3 is 6.03 Å². The van der Waals surface area contributed by atoms with Crippen LogP contribution in [0.5, 0.6) is 5.75 Å². The lowest BCUT2D eigenvalue weighted by Gasteiger charge is -2.23. The summed E-state index contributed by atoms with van der Waals surface area (Å²) in [5.74, 6) is 2.53. The summed E-state index contributed by atoms with van der Waals surface area (Å²) in [4.78, 5) is 20.9. The SMILES string of the molecule is CCc1nc2n(n1)CCC[C@H]2NC(=O)Nc1ncccc1OC. The van der Waals surface area contributed by atoms with E-state index >= 15 is 0 Å². The average molecular weight is 316 g/mol. The fourth-order valence-electron chi connectivity index (χ4n) is 2.64. The van der Waals surface area contributed by atoms with E-state index in [1.807, 2.05) is 11.6 Å². The number of nitrogens with zero attached hydrogens (tertiary/aromatic N) is 4. The fourth-order valence-corrected chi connectivity index (χ4v) is 2.64. The second-order valence-electron chi connectivity index (χ2n) is 5.31. The summed E-state index contributed by atoms with van der Waals surface area (Å²) >= 11 is 0. The summed E-state index contributed by atoms with van der Waals surface area (Å²) in [7, 11) is 1.54. The number of aromatic nitrogens is 4. The van der Waals surface area contributed by atoms with Crippen LogP contribution in [0.3, 0.4) is 0 Å². The zero-order chi connectivity index (χ0) is 16.2. The highest BCUT2D eigenvalue weighted by molar-refractivity contribution is 5.89. The minimum Gasteiger partial charge on any atom is -0.493 e. The van der Waals surface area contributed by atoms with Crippen LogP contribution in [-0.4, -0.2) is 32.9 Å². The summed E-state index contributed by atoms with van der Waals surface area (Å²) in [6, 6.07) is 3.01. The van der Waals surface area contributed by atoms with Gasteiger partial charge in [0.05, 0.1) is 13.2 Å². The van der Waals surface area contributed by atoms with Gasteiger partial charge in [0.15, 0.2) is 17.4 Å². The smallest absolute Gasteiger partial charge is 0.321 e. The van der Waals surface area contributed by atoms with Crippen molar-refractivity contribution in [3.8, 4) is 5.75 Å². The van der Waals surface area contributed by atoms with Crippen LogP contribution in [-0.2, 0) is 13.0 Å². The summed E-state index contributed by atoms with van der Waals surface area (Å²) in [6.07, 6.45) is 4.18. The molecule has 0 unspecified atom stereocenters. The first-order valence-electron chi connectivity index (χ1n) is 7.71. The Morgan fingerprint density at radius 2 is 2.39 bits per heavy atom. The molecule has 23 heavy (non-hydrogen) atoms. The molecule has 1 aliphatic heterocycles. The molecular formula is C15H20N6O2. The summed E-state index contributed by atoms with van der Waals surface area (Å²) < 4.78 is 7.06. The molecular weight excluding hydrogens is 296 g/mol. The molecule has 0 saturated heterocycles. The second kappa shape index (κ2) is 6.64. The molecule has 0 saturated carbocycles. The van der Waals surface area contributed by atoms with Crippen LogP contribution < -0.4 is 15.4 Å². The lowest BCUT2D eigenvalue weighted by molar-refractivity contribution is 0.244. The van der Waals surface area contributed by atoms with E-state index in [2.05, 4.69) is 25.7 Å². The van der Waals surface area contributed by atoms with Gasteiger partial charge in [0, 0.05) is 19.2 Å². The Labute approximate surface area is 134 Å². The third kappa shape index (κ3) is 3.25. The lowest BCUT2D eigenvalue weighted by atomic mass is 10.1. The van der Waals surface area contributed by atoms with Crippen molar-refractivity contribution >= 4 is 11.8 Å². The quantitative estimate of drug-likeness (QED) is 0.898. The van der Waals surface area contributed by atoms with Crippen molar-refractivity contribution in [1.29, 1.82) is 0 Å². The molecule has 2 aromatic rings. The van der Waals surface area contributed by atoms with Gasteiger partial charge in [0.2, 0.25) is 0 Å². The van der Waals surface area contributed by atoms with E-state index in [0.29, 0.717) is 11.6 Å². The molecule has 3 heterocycles. The van der Waals surface area contributed by atoms with E-state index in [4.69, 9.17) is 4.74 Å². The maximum Gasteiger partial charge on any atom is 0.321 e. The molecule has 0 aromatic carbocycles. The molecule has 0 fully saturated rings. The highest BCUT2D eigenvalue weighted by Gasteiger charge is 2.25. The van der Waals surface area contributed by atoms with Crippen LogP contribution in [0, 0.1) is 0 Å². The molecule has 3 rings (SSSR count). The normalized spacial score (nSPS) is 16.5. The number of hydrogen-bond acceptors (Lipinski definition) is 5. The standard InChI is InChI=1S/C15H20N6O2/c1-3-12-18-14-10(6-5-9-21(14)20-12)17-15(22)19-13-11(23-2)7-4-8-16-13/h4,7-8,10H,3,5-6,9H2,1-2H3,(H2,16,17,19,22)/t10-/m1/s1. The van der Waals surface area contributed by atoms with E-state index in [9.17, 15) is 4.79 Å². The highest BCUT2D eigenvalue weighted by atomic mass is 16.5. The minimum absolute atomic E-state index is 0.147. The van der Waals surface area contributed by atoms with Gasteiger partial charge in [-0.3, -0.25) is 5.32 Å². The molecule has 2 N–H and O–H groups in total. The van der Waals surface area contributed by atoms with Crippen molar-refractivity contribution in [3.63, 3.8) is 0 Å². The molecule has 0 bridgehead atoms. The first kappa shape index (κ1) is 15.3. The average Bonchev–Trinajstić information content (AvgIpc) is 2.99. The van der Waals surface area contributed by atoms with Gasteiger partial charge in [-0.25, -0.2) is 19.4 Å². The zero-order valence-corrected chi connectivity index (χ0v) is 13.2. The van der Waals surface area contributed by atoms with Crippen LogP contribution in [0.1, 0.15) is 37.5 Å². The van der Waals surface area contributed by atoms with Crippen molar-refractivity contribution in [3.05, 3.63) is 30.0 Å². The summed E-state index contributed by atoms with van der Waals surface area (Å²) in [5.41, 5.74) is 0.